The van der Waals surface area contributed by atoms with Gasteiger partial charge in [0.1, 0.15) is 23.2 Å². The van der Waals surface area contributed by atoms with E-state index in [-0.39, 0.29) is 24.1 Å². The van der Waals surface area contributed by atoms with Crippen molar-refractivity contribution in [1.82, 2.24) is 0 Å². The van der Waals surface area contributed by atoms with Crippen LogP contribution < -0.4 is 4.18 Å². The third-order valence-corrected chi connectivity index (χ3v) is 2.30. The van der Waals surface area contributed by atoms with Gasteiger partial charge in [0.05, 0.1) is 17.6 Å². The molecule has 0 amide bonds. The minimum atomic E-state index is -2.67. The van der Waals surface area contributed by atoms with E-state index < -0.39 is 11.4 Å². The Balaban J connectivity index is 1.98. The topological polar surface area (TPSA) is 91.2 Å². The van der Waals surface area contributed by atoms with Crippen LogP contribution in [0.15, 0.2) is 24.3 Å². The summed E-state index contributed by atoms with van der Waals surface area (Å²) in [6.45, 7) is 0.758. The van der Waals surface area contributed by atoms with E-state index in [1.807, 2.05) is 0 Å². The Hall–Kier alpha value is -1.51. The summed E-state index contributed by atoms with van der Waals surface area (Å²) >= 11 is -2.67. The average Bonchev–Trinajstić information content (AvgIpc) is 3.09. The lowest BCUT2D eigenvalue weighted by Crippen LogP contribution is -2.08. The maximum atomic E-state index is 11.4. The van der Waals surface area contributed by atoms with Crippen molar-refractivity contribution in [2.24, 2.45) is 0 Å². The van der Waals surface area contributed by atoms with Gasteiger partial charge in [0.25, 0.3) is 4.92 Å². The van der Waals surface area contributed by atoms with Gasteiger partial charge in [-0.3, -0.25) is 0 Å². The summed E-state index contributed by atoms with van der Waals surface area (Å²) in [7, 11) is 0. The van der Waals surface area contributed by atoms with E-state index in [1.54, 1.807) is 0 Å². The molecule has 0 bridgehead atoms. The van der Waals surface area contributed by atoms with E-state index in [9.17, 15) is 13.7 Å². The van der Waals surface area contributed by atoms with Gasteiger partial charge < -0.3 is 13.5 Å². The summed E-state index contributed by atoms with van der Waals surface area (Å²) in [5, 5.41) is 0. The monoisotopic (exact) mass is 259 g/mol. The van der Waals surface area contributed by atoms with Gasteiger partial charge in [-0.15, -0.1) is 0 Å². The molecule has 1 aliphatic heterocycles. The van der Waals surface area contributed by atoms with Crippen LogP contribution in [0.1, 0.15) is 0 Å². The first-order valence-electron chi connectivity index (χ1n) is 4.74. The first kappa shape index (κ1) is 12.0. The van der Waals surface area contributed by atoms with Crippen LogP contribution in [0.3, 0.4) is 0 Å². The lowest BCUT2D eigenvalue weighted by atomic mass is 10.3. The van der Waals surface area contributed by atoms with Crippen LogP contribution >= 0.6 is 0 Å². The highest BCUT2D eigenvalue weighted by atomic mass is 32.2. The smallest absolute Gasteiger partial charge is 0.320 e. The Bertz CT molecular complexity index is 447. The minimum absolute atomic E-state index is 0.0278. The lowest BCUT2D eigenvalue weighted by molar-refractivity contribution is -0.745. The molecule has 2 rings (SSSR count). The van der Waals surface area contributed by atoms with Gasteiger partial charge in [-0.1, -0.05) is 6.07 Å². The van der Waals surface area contributed by atoms with Gasteiger partial charge in [-0.05, 0) is 6.07 Å². The van der Waals surface area contributed by atoms with Crippen LogP contribution in [-0.2, 0) is 20.9 Å². The van der Waals surface area contributed by atoms with Crippen LogP contribution in [-0.4, -0.2) is 33.0 Å². The van der Waals surface area contributed by atoms with Crippen molar-refractivity contribution in [3.05, 3.63) is 29.2 Å². The van der Waals surface area contributed by atoms with Crippen LogP contribution in [0.25, 0.3) is 0 Å². The molecule has 2 atom stereocenters. The second-order valence-electron chi connectivity index (χ2n) is 3.29. The first-order valence-corrected chi connectivity index (χ1v) is 5.74. The van der Waals surface area contributed by atoms with Crippen LogP contribution in [0.2, 0.25) is 0 Å². The quantitative estimate of drug-likeness (QED) is 0.422. The molecule has 0 radical (unpaired) electrons. The third kappa shape index (κ3) is 3.77. The highest BCUT2D eigenvalue weighted by molar-refractivity contribution is 7.74. The second-order valence-corrected chi connectivity index (χ2v) is 3.87. The molecule has 0 spiro atoms. The Kier molecular flexibility index (Phi) is 3.67. The molecular weight excluding hydrogens is 250 g/mol. The SMILES string of the molecule is O=[N+](OCC1CO1)c1cccc(OS(=O)[O-])c1. The van der Waals surface area contributed by atoms with Crippen molar-refractivity contribution in [1.29, 1.82) is 0 Å². The van der Waals surface area contributed by atoms with E-state index in [4.69, 9.17) is 9.57 Å². The third-order valence-electron chi connectivity index (χ3n) is 1.97. The number of rotatable bonds is 6. The highest BCUT2D eigenvalue weighted by Gasteiger charge is 2.28. The summed E-state index contributed by atoms with van der Waals surface area (Å²) in [5.74, 6) is 0.0444. The minimum Gasteiger partial charge on any atom is -0.740 e. The number of nitrogens with zero attached hydrogens (tertiary/aromatic N) is 1. The zero-order valence-electron chi connectivity index (χ0n) is 8.61. The predicted octanol–water partition coefficient (Wildman–Crippen LogP) is 0.600. The zero-order valence-corrected chi connectivity index (χ0v) is 9.42. The van der Waals surface area contributed by atoms with E-state index in [2.05, 4.69) is 4.18 Å². The van der Waals surface area contributed by atoms with Gasteiger partial charge in [0.15, 0.2) is 6.61 Å². The maximum absolute atomic E-state index is 11.4. The molecule has 0 N–H and O–H groups in total. The maximum Gasteiger partial charge on any atom is 0.320 e. The largest absolute Gasteiger partial charge is 0.740 e. The number of benzene rings is 1. The molecule has 1 saturated heterocycles. The predicted molar refractivity (Wildman–Crippen MR) is 55.0 cm³/mol. The summed E-state index contributed by atoms with van der Waals surface area (Å²) < 4.78 is 29.9. The van der Waals surface area contributed by atoms with Gasteiger partial charge in [0.2, 0.25) is 0 Å². The molecule has 1 heterocycles. The number of hydrogen-bond acceptors (Lipinski definition) is 6. The normalized spacial score (nSPS) is 19.5. The van der Waals surface area contributed by atoms with Crippen molar-refractivity contribution in [3.8, 4) is 5.75 Å². The van der Waals surface area contributed by atoms with Crippen molar-refractivity contribution >= 4 is 17.0 Å². The fourth-order valence-corrected chi connectivity index (χ4v) is 1.38. The molecule has 0 saturated carbocycles. The van der Waals surface area contributed by atoms with Crippen molar-refractivity contribution in [2.45, 2.75) is 6.10 Å². The Morgan fingerprint density at radius 3 is 3.00 bits per heavy atom. The van der Waals surface area contributed by atoms with Gasteiger partial charge >= 0.3 is 5.69 Å². The zero-order chi connectivity index (χ0) is 12.3. The lowest BCUT2D eigenvalue weighted by Gasteiger charge is -2.05. The number of epoxide rings is 1. The summed E-state index contributed by atoms with van der Waals surface area (Å²) in [6.07, 6.45) is -0.0278. The van der Waals surface area contributed by atoms with E-state index in [0.717, 1.165) is 0 Å². The summed E-state index contributed by atoms with van der Waals surface area (Å²) in [4.78, 5) is 16.6. The van der Waals surface area contributed by atoms with E-state index >= 15 is 0 Å². The first-order chi connectivity index (χ1) is 8.15. The fraction of sp³-hybridized carbons (Fsp3) is 0.333. The molecule has 1 aromatic carbocycles. The molecule has 0 aliphatic carbocycles. The van der Waals surface area contributed by atoms with E-state index in [1.165, 1.54) is 24.3 Å². The Labute approximate surface area is 99.3 Å². The molecule has 8 heteroatoms. The van der Waals surface area contributed by atoms with Gasteiger partial charge in [-0.25, -0.2) is 9.05 Å². The molecular formula is C9H9NO6S. The second kappa shape index (κ2) is 5.21. The molecule has 1 aliphatic rings. The van der Waals surface area contributed by atoms with Crippen LogP contribution in [0.5, 0.6) is 5.75 Å². The summed E-state index contributed by atoms with van der Waals surface area (Å²) in [6, 6.07) is 5.63. The van der Waals surface area contributed by atoms with Gasteiger partial charge in [-0.2, -0.15) is 0 Å². The number of ether oxygens (including phenoxy) is 1. The van der Waals surface area contributed by atoms with Crippen molar-refractivity contribution in [2.75, 3.05) is 13.2 Å². The fourth-order valence-electron chi connectivity index (χ4n) is 1.12. The molecule has 1 fully saturated rings. The standard InChI is InChI=1S/C9H9NO6S/c11-10(15-6-9-5-14-9)7-2-1-3-8(4-7)16-17(12)13/h1-4,9H,5-6H2. The molecule has 0 aromatic heterocycles. The molecule has 92 valence electrons. The Morgan fingerprint density at radius 2 is 2.35 bits per heavy atom. The van der Waals surface area contributed by atoms with Crippen LogP contribution in [0.4, 0.5) is 5.69 Å². The average molecular weight is 259 g/mol. The molecule has 17 heavy (non-hydrogen) atoms. The molecule has 2 unspecified atom stereocenters. The Morgan fingerprint density at radius 1 is 1.59 bits per heavy atom. The van der Waals surface area contributed by atoms with Crippen LogP contribution in [0, 0.1) is 4.91 Å². The van der Waals surface area contributed by atoms with E-state index in [0.29, 0.717) is 11.5 Å². The molecule has 1 aromatic rings. The molecule has 7 nitrogen and oxygen atoms in total. The number of hydrogen-bond donors (Lipinski definition) is 0. The van der Waals surface area contributed by atoms with Crippen molar-refractivity contribution < 1.29 is 27.4 Å². The highest BCUT2D eigenvalue weighted by Crippen LogP contribution is 2.21. The summed E-state index contributed by atoms with van der Waals surface area (Å²) in [5.41, 5.74) is 0.147. The van der Waals surface area contributed by atoms with Crippen molar-refractivity contribution in [3.63, 3.8) is 0 Å². The van der Waals surface area contributed by atoms with Gasteiger partial charge in [0, 0.05) is 6.07 Å².